The molecule has 2 N–H and O–H groups in total. The average molecular weight is 279 g/mol. The Labute approximate surface area is 86.5 Å². The fraction of sp³-hybridized carbons (Fsp3) is 0.625. The number of nitrogens with two attached hydrogens (primary N) is 1. The largest absolute Gasteiger partial charge is 0.330 e. The van der Waals surface area contributed by atoms with Crippen LogP contribution in [0.15, 0.2) is 12.4 Å². The van der Waals surface area contributed by atoms with Crippen molar-refractivity contribution in [3.8, 4) is 0 Å². The fourth-order valence-electron chi connectivity index (χ4n) is 0.995. The summed E-state index contributed by atoms with van der Waals surface area (Å²) in [5.74, 6) is 0.473. The minimum Gasteiger partial charge on any atom is -0.330 e. The van der Waals surface area contributed by atoms with Crippen LogP contribution >= 0.6 is 22.6 Å². The number of rotatable bonds is 3. The monoisotopic (exact) mass is 279 g/mol. The lowest BCUT2D eigenvalue weighted by Gasteiger charge is -2.18. The topological polar surface area (TPSA) is 43.8 Å². The van der Waals surface area contributed by atoms with Crippen molar-refractivity contribution in [3.63, 3.8) is 0 Å². The normalized spacial score (nSPS) is 16.0. The summed E-state index contributed by atoms with van der Waals surface area (Å²) in [6.07, 6.45) is 3.90. The van der Waals surface area contributed by atoms with Gasteiger partial charge in [-0.25, -0.2) is 0 Å². The molecule has 0 spiro atoms. The maximum atomic E-state index is 5.57. The molecule has 1 rings (SSSR count). The summed E-state index contributed by atoms with van der Waals surface area (Å²) >= 11 is 2.25. The van der Waals surface area contributed by atoms with Crippen LogP contribution in [-0.2, 0) is 0 Å². The van der Waals surface area contributed by atoms with Crippen molar-refractivity contribution >= 4 is 22.6 Å². The molecule has 4 heteroatoms. The summed E-state index contributed by atoms with van der Waals surface area (Å²) in [5.41, 5.74) is 5.57. The van der Waals surface area contributed by atoms with E-state index >= 15 is 0 Å². The van der Waals surface area contributed by atoms with Crippen molar-refractivity contribution in [2.24, 2.45) is 11.7 Å². The number of hydrogen-bond acceptors (Lipinski definition) is 2. The Morgan fingerprint density at radius 1 is 1.67 bits per heavy atom. The van der Waals surface area contributed by atoms with Gasteiger partial charge in [-0.05, 0) is 42.0 Å². The number of nitrogens with zero attached hydrogens (tertiary/aromatic N) is 2. The van der Waals surface area contributed by atoms with Crippen LogP contribution in [0.3, 0.4) is 0 Å². The van der Waals surface area contributed by atoms with Crippen LogP contribution in [0.1, 0.15) is 19.9 Å². The summed E-state index contributed by atoms with van der Waals surface area (Å²) in [5, 5.41) is 4.24. The zero-order chi connectivity index (χ0) is 9.14. The lowest BCUT2D eigenvalue weighted by molar-refractivity contribution is 0.358. The minimum atomic E-state index is 0.388. The first-order chi connectivity index (χ1) is 5.65. The smallest absolute Gasteiger partial charge is 0.0623 e. The number of aromatic nitrogens is 2. The highest BCUT2D eigenvalue weighted by atomic mass is 127. The molecule has 0 saturated heterocycles. The van der Waals surface area contributed by atoms with Gasteiger partial charge in [-0.1, -0.05) is 6.92 Å². The third-order valence-electron chi connectivity index (χ3n) is 2.18. The molecule has 0 aliphatic rings. The van der Waals surface area contributed by atoms with Crippen molar-refractivity contribution in [3.05, 3.63) is 16.0 Å². The van der Waals surface area contributed by atoms with Gasteiger partial charge in [-0.2, -0.15) is 5.10 Å². The molecule has 0 fully saturated rings. The second-order valence-electron chi connectivity index (χ2n) is 3.09. The number of halogens is 1. The second kappa shape index (κ2) is 4.23. The van der Waals surface area contributed by atoms with Crippen molar-refractivity contribution in [2.45, 2.75) is 19.9 Å². The fourth-order valence-corrected chi connectivity index (χ4v) is 1.41. The predicted octanol–water partition coefficient (Wildman–Crippen LogP) is 1.64. The quantitative estimate of drug-likeness (QED) is 0.855. The summed E-state index contributed by atoms with van der Waals surface area (Å²) in [6.45, 7) is 4.98. The van der Waals surface area contributed by atoms with E-state index in [4.69, 9.17) is 5.73 Å². The molecule has 0 amide bonds. The molecule has 1 aromatic rings. The first kappa shape index (κ1) is 9.98. The molecule has 1 heterocycles. The zero-order valence-corrected chi connectivity index (χ0v) is 9.52. The van der Waals surface area contributed by atoms with Crippen molar-refractivity contribution in [1.82, 2.24) is 9.78 Å². The minimum absolute atomic E-state index is 0.388. The van der Waals surface area contributed by atoms with E-state index in [0.29, 0.717) is 18.5 Å². The van der Waals surface area contributed by atoms with Crippen LogP contribution in [0.4, 0.5) is 0 Å². The molecule has 68 valence electrons. The Morgan fingerprint density at radius 3 is 2.75 bits per heavy atom. The van der Waals surface area contributed by atoms with Gasteiger partial charge in [-0.15, -0.1) is 0 Å². The van der Waals surface area contributed by atoms with Crippen LogP contribution in [0, 0.1) is 9.49 Å². The Morgan fingerprint density at radius 2 is 2.33 bits per heavy atom. The van der Waals surface area contributed by atoms with E-state index in [1.807, 2.05) is 17.1 Å². The van der Waals surface area contributed by atoms with Crippen molar-refractivity contribution < 1.29 is 0 Å². The lowest BCUT2D eigenvalue weighted by atomic mass is 10.1. The third-order valence-corrected chi connectivity index (χ3v) is 2.74. The Balaban J connectivity index is 2.70. The molecule has 12 heavy (non-hydrogen) atoms. The molecule has 0 aliphatic carbocycles. The highest BCUT2D eigenvalue weighted by Crippen LogP contribution is 2.16. The summed E-state index contributed by atoms with van der Waals surface area (Å²) in [6, 6.07) is 0.388. The molecule has 0 radical (unpaired) electrons. The SMILES string of the molecule is CC(CN)C(C)n1cc(I)cn1. The van der Waals surface area contributed by atoms with Crippen molar-refractivity contribution in [1.29, 1.82) is 0 Å². The van der Waals surface area contributed by atoms with Crippen LogP contribution in [0.2, 0.25) is 0 Å². The summed E-state index contributed by atoms with van der Waals surface area (Å²) in [7, 11) is 0. The van der Waals surface area contributed by atoms with E-state index in [-0.39, 0.29) is 0 Å². The van der Waals surface area contributed by atoms with Gasteiger partial charge in [0, 0.05) is 6.20 Å². The number of hydrogen-bond donors (Lipinski definition) is 1. The van der Waals surface area contributed by atoms with E-state index in [9.17, 15) is 0 Å². The molecule has 0 aromatic carbocycles. The first-order valence-electron chi connectivity index (χ1n) is 4.05. The van der Waals surface area contributed by atoms with Gasteiger partial charge in [0.2, 0.25) is 0 Å². The summed E-state index contributed by atoms with van der Waals surface area (Å²) in [4.78, 5) is 0. The maximum Gasteiger partial charge on any atom is 0.0623 e. The Bertz CT molecular complexity index is 246. The molecule has 1 aromatic heterocycles. The molecule has 0 bridgehead atoms. The van der Waals surface area contributed by atoms with Crippen LogP contribution in [0.25, 0.3) is 0 Å². The maximum absolute atomic E-state index is 5.57. The van der Waals surface area contributed by atoms with Gasteiger partial charge in [0.1, 0.15) is 0 Å². The highest BCUT2D eigenvalue weighted by molar-refractivity contribution is 14.1. The predicted molar refractivity (Wildman–Crippen MR) is 57.9 cm³/mol. The molecule has 2 atom stereocenters. The van der Waals surface area contributed by atoms with Gasteiger partial charge >= 0.3 is 0 Å². The Kier molecular flexibility index (Phi) is 3.52. The van der Waals surface area contributed by atoms with Gasteiger partial charge in [-0.3, -0.25) is 4.68 Å². The standard InChI is InChI=1S/C8H14IN3/c1-6(3-10)7(2)12-5-8(9)4-11-12/h4-7H,3,10H2,1-2H3. The molecular formula is C8H14IN3. The third kappa shape index (κ3) is 2.20. The van der Waals surface area contributed by atoms with Gasteiger partial charge in [0.05, 0.1) is 15.8 Å². The van der Waals surface area contributed by atoms with E-state index < -0.39 is 0 Å². The van der Waals surface area contributed by atoms with E-state index in [0.717, 1.165) is 0 Å². The molecular weight excluding hydrogens is 265 g/mol. The molecule has 0 aliphatic heterocycles. The van der Waals surface area contributed by atoms with Crippen LogP contribution < -0.4 is 5.73 Å². The van der Waals surface area contributed by atoms with Crippen LogP contribution in [0.5, 0.6) is 0 Å². The van der Waals surface area contributed by atoms with E-state index in [1.165, 1.54) is 3.57 Å². The molecule has 2 unspecified atom stereocenters. The average Bonchev–Trinajstić information content (AvgIpc) is 2.49. The van der Waals surface area contributed by atoms with E-state index in [2.05, 4.69) is 41.5 Å². The highest BCUT2D eigenvalue weighted by Gasteiger charge is 2.12. The second-order valence-corrected chi connectivity index (χ2v) is 4.34. The zero-order valence-electron chi connectivity index (χ0n) is 7.37. The first-order valence-corrected chi connectivity index (χ1v) is 5.12. The summed E-state index contributed by atoms with van der Waals surface area (Å²) < 4.78 is 3.14. The van der Waals surface area contributed by atoms with Crippen LogP contribution in [-0.4, -0.2) is 16.3 Å². The molecule has 3 nitrogen and oxygen atoms in total. The van der Waals surface area contributed by atoms with E-state index in [1.54, 1.807) is 0 Å². The Hall–Kier alpha value is -0.100. The van der Waals surface area contributed by atoms with Gasteiger partial charge in [0.25, 0.3) is 0 Å². The van der Waals surface area contributed by atoms with Gasteiger partial charge < -0.3 is 5.73 Å². The van der Waals surface area contributed by atoms with Gasteiger partial charge in [0.15, 0.2) is 0 Å². The van der Waals surface area contributed by atoms with Crippen molar-refractivity contribution in [2.75, 3.05) is 6.54 Å². The lowest BCUT2D eigenvalue weighted by Crippen LogP contribution is -2.21. The molecule has 0 saturated carbocycles.